The molecule has 0 saturated heterocycles. The summed E-state index contributed by atoms with van der Waals surface area (Å²) >= 11 is 1.20. The molecule has 0 aliphatic carbocycles. The van der Waals surface area contributed by atoms with Crippen molar-refractivity contribution in [2.75, 3.05) is 0 Å². The van der Waals surface area contributed by atoms with Crippen LogP contribution >= 0.6 is 11.5 Å². The van der Waals surface area contributed by atoms with Gasteiger partial charge in [0.1, 0.15) is 5.82 Å². The lowest BCUT2D eigenvalue weighted by atomic mass is 10.5. The van der Waals surface area contributed by atoms with E-state index in [1.54, 1.807) is 6.20 Å². The molecule has 6 nitrogen and oxygen atoms in total. The molecule has 0 aliphatic heterocycles. The highest BCUT2D eigenvalue weighted by atomic mass is 32.1. The van der Waals surface area contributed by atoms with Crippen molar-refractivity contribution >= 4 is 17.5 Å². The summed E-state index contributed by atoms with van der Waals surface area (Å²) in [5.74, 6) is -0.309. The van der Waals surface area contributed by atoms with E-state index < -0.39 is 5.97 Å². The second-order valence-electron chi connectivity index (χ2n) is 2.80. The zero-order chi connectivity index (χ0) is 10.8. The molecule has 0 aromatic carbocycles. The van der Waals surface area contributed by atoms with Crippen molar-refractivity contribution in [2.24, 2.45) is 0 Å². The quantitative estimate of drug-likeness (QED) is 0.840. The van der Waals surface area contributed by atoms with E-state index in [4.69, 9.17) is 5.11 Å². The van der Waals surface area contributed by atoms with Crippen LogP contribution in [0.4, 0.5) is 0 Å². The third-order valence-electron chi connectivity index (χ3n) is 1.78. The average Bonchev–Trinajstić information content (AvgIpc) is 2.86. The van der Waals surface area contributed by atoms with Crippen LogP contribution in [0.15, 0.2) is 12.3 Å². The minimum atomic E-state index is -1.05. The summed E-state index contributed by atoms with van der Waals surface area (Å²) in [5.41, 5.74) is 0.00301. The third-order valence-corrected chi connectivity index (χ3v) is 2.52. The van der Waals surface area contributed by atoms with Crippen LogP contribution in [0.25, 0.3) is 5.13 Å². The number of carboxylic acids is 1. The molecule has 0 unspecified atom stereocenters. The predicted molar refractivity (Wildman–Crippen MR) is 53.4 cm³/mol. The fourth-order valence-corrected chi connectivity index (χ4v) is 1.71. The number of aromatic carboxylic acids is 1. The van der Waals surface area contributed by atoms with Crippen LogP contribution in [0.3, 0.4) is 0 Å². The Labute approximate surface area is 89.4 Å². The van der Waals surface area contributed by atoms with Gasteiger partial charge in [-0.25, -0.2) is 14.5 Å². The number of hydrogen-bond acceptors (Lipinski definition) is 5. The Balaban J connectivity index is 2.32. The van der Waals surface area contributed by atoms with Crippen LogP contribution in [-0.4, -0.2) is 30.2 Å². The van der Waals surface area contributed by atoms with Crippen molar-refractivity contribution in [3.8, 4) is 5.13 Å². The molecule has 2 aromatic rings. The minimum Gasteiger partial charge on any atom is -0.476 e. The lowest BCUT2D eigenvalue weighted by Gasteiger charge is -1.91. The zero-order valence-electron chi connectivity index (χ0n) is 7.91. The summed E-state index contributed by atoms with van der Waals surface area (Å²) in [4.78, 5) is 14.8. The van der Waals surface area contributed by atoms with Crippen LogP contribution in [0.2, 0.25) is 0 Å². The normalized spacial score (nSPS) is 10.5. The van der Waals surface area contributed by atoms with Crippen LogP contribution in [0.5, 0.6) is 0 Å². The topological polar surface area (TPSA) is 80.9 Å². The average molecular weight is 224 g/mol. The molecule has 0 radical (unpaired) electrons. The molecule has 0 fully saturated rings. The SMILES string of the molecule is CCc1nsc(-n2ccc(C(=O)O)n2)n1. The van der Waals surface area contributed by atoms with Crippen LogP contribution < -0.4 is 0 Å². The van der Waals surface area contributed by atoms with Crippen molar-refractivity contribution in [3.05, 3.63) is 23.8 Å². The van der Waals surface area contributed by atoms with Gasteiger partial charge in [0.25, 0.3) is 0 Å². The van der Waals surface area contributed by atoms with E-state index in [0.717, 1.165) is 12.2 Å². The molecule has 2 heterocycles. The fraction of sp³-hybridized carbons (Fsp3) is 0.250. The second-order valence-corrected chi connectivity index (χ2v) is 3.53. The monoisotopic (exact) mass is 224 g/mol. The van der Waals surface area contributed by atoms with Crippen LogP contribution in [0, 0.1) is 0 Å². The molecule has 0 amide bonds. The lowest BCUT2D eigenvalue weighted by molar-refractivity contribution is 0.0690. The number of aromatic nitrogens is 4. The van der Waals surface area contributed by atoms with Crippen molar-refractivity contribution in [2.45, 2.75) is 13.3 Å². The maximum atomic E-state index is 10.6. The van der Waals surface area contributed by atoms with Gasteiger partial charge < -0.3 is 5.11 Å². The van der Waals surface area contributed by atoms with Gasteiger partial charge in [-0.2, -0.15) is 9.47 Å². The van der Waals surface area contributed by atoms with Gasteiger partial charge in [-0.1, -0.05) is 6.92 Å². The van der Waals surface area contributed by atoms with Gasteiger partial charge in [-0.3, -0.25) is 0 Å². The molecule has 78 valence electrons. The molecule has 2 rings (SSSR count). The fourth-order valence-electron chi connectivity index (χ4n) is 1.03. The summed E-state index contributed by atoms with van der Waals surface area (Å²) in [6.45, 7) is 1.96. The number of rotatable bonds is 3. The molecule has 0 bridgehead atoms. The van der Waals surface area contributed by atoms with E-state index in [9.17, 15) is 4.79 Å². The van der Waals surface area contributed by atoms with Gasteiger partial charge in [-0.15, -0.1) is 0 Å². The Bertz CT molecular complexity index is 490. The number of aryl methyl sites for hydroxylation is 1. The first-order valence-corrected chi connectivity index (χ1v) is 5.10. The van der Waals surface area contributed by atoms with Crippen LogP contribution in [-0.2, 0) is 6.42 Å². The molecular weight excluding hydrogens is 216 g/mol. The summed E-state index contributed by atoms with van der Waals surface area (Å²) in [5, 5.41) is 13.1. The standard InChI is InChI=1S/C8H8N4O2S/c1-2-6-9-8(15-11-6)12-4-3-5(10-12)7(13)14/h3-4H,2H2,1H3,(H,13,14). The number of nitrogens with zero attached hydrogens (tertiary/aromatic N) is 4. The van der Waals surface area contributed by atoms with Crippen molar-refractivity contribution < 1.29 is 9.90 Å². The second kappa shape index (κ2) is 3.77. The minimum absolute atomic E-state index is 0.00301. The van der Waals surface area contributed by atoms with Gasteiger partial charge in [0, 0.05) is 24.2 Å². The summed E-state index contributed by atoms with van der Waals surface area (Å²) in [7, 11) is 0. The third kappa shape index (κ3) is 1.86. The van der Waals surface area contributed by atoms with E-state index in [1.807, 2.05) is 6.92 Å². The Morgan fingerprint density at radius 1 is 1.67 bits per heavy atom. The molecule has 0 aliphatic rings. The lowest BCUT2D eigenvalue weighted by Crippen LogP contribution is -2.00. The maximum absolute atomic E-state index is 10.6. The highest BCUT2D eigenvalue weighted by Crippen LogP contribution is 2.10. The van der Waals surface area contributed by atoms with E-state index in [1.165, 1.54) is 22.3 Å². The van der Waals surface area contributed by atoms with Crippen molar-refractivity contribution in [1.29, 1.82) is 0 Å². The Morgan fingerprint density at radius 3 is 3.00 bits per heavy atom. The molecule has 0 atom stereocenters. The molecule has 1 N–H and O–H groups in total. The molecule has 7 heteroatoms. The number of hydrogen-bond donors (Lipinski definition) is 1. The number of carboxylic acid groups (broad SMARTS) is 1. The van der Waals surface area contributed by atoms with Crippen molar-refractivity contribution in [1.82, 2.24) is 19.1 Å². The van der Waals surface area contributed by atoms with Crippen LogP contribution in [0.1, 0.15) is 23.2 Å². The Hall–Kier alpha value is -1.76. The smallest absolute Gasteiger partial charge is 0.356 e. The zero-order valence-corrected chi connectivity index (χ0v) is 8.73. The van der Waals surface area contributed by atoms with Gasteiger partial charge in [0.15, 0.2) is 5.69 Å². The summed E-state index contributed by atoms with van der Waals surface area (Å²) < 4.78 is 5.50. The maximum Gasteiger partial charge on any atom is 0.356 e. The molecule has 15 heavy (non-hydrogen) atoms. The summed E-state index contributed by atoms with van der Waals surface area (Å²) in [6, 6.07) is 1.43. The van der Waals surface area contributed by atoms with E-state index in [2.05, 4.69) is 14.5 Å². The number of carbonyl (C=O) groups is 1. The first-order valence-electron chi connectivity index (χ1n) is 4.32. The van der Waals surface area contributed by atoms with Crippen molar-refractivity contribution in [3.63, 3.8) is 0 Å². The van der Waals surface area contributed by atoms with Gasteiger partial charge in [-0.05, 0) is 6.07 Å². The van der Waals surface area contributed by atoms with E-state index >= 15 is 0 Å². The Morgan fingerprint density at radius 2 is 2.47 bits per heavy atom. The van der Waals surface area contributed by atoms with E-state index in [0.29, 0.717) is 5.13 Å². The molecule has 2 aromatic heterocycles. The predicted octanol–water partition coefficient (Wildman–Crippen LogP) is 0.984. The largest absolute Gasteiger partial charge is 0.476 e. The molecule has 0 saturated carbocycles. The van der Waals surface area contributed by atoms with Gasteiger partial charge in [0.2, 0.25) is 5.13 Å². The Kier molecular flexibility index (Phi) is 2.46. The van der Waals surface area contributed by atoms with E-state index in [-0.39, 0.29) is 5.69 Å². The van der Waals surface area contributed by atoms with Gasteiger partial charge >= 0.3 is 5.97 Å². The first-order chi connectivity index (χ1) is 7.20. The highest BCUT2D eigenvalue weighted by Gasteiger charge is 2.10. The molecular formula is C8H8N4O2S. The van der Waals surface area contributed by atoms with Gasteiger partial charge in [0.05, 0.1) is 0 Å². The molecule has 0 spiro atoms. The first kappa shape index (κ1) is 9.78. The summed E-state index contributed by atoms with van der Waals surface area (Å²) in [6.07, 6.45) is 2.31. The highest BCUT2D eigenvalue weighted by molar-refractivity contribution is 7.08.